The van der Waals surface area contributed by atoms with Crippen molar-refractivity contribution in [1.82, 2.24) is 25.0 Å². The molecule has 3 rings (SSSR count). The fourth-order valence-electron chi connectivity index (χ4n) is 3.98. The van der Waals surface area contributed by atoms with Crippen molar-refractivity contribution in [2.45, 2.75) is 64.5 Å². The number of allylic oxidation sites excluding steroid dienone is 1. The third-order valence-electron chi connectivity index (χ3n) is 5.52. The first kappa shape index (κ1) is 18.1. The molecule has 6 nitrogen and oxygen atoms in total. The average Bonchev–Trinajstić information content (AvgIpc) is 3.15. The van der Waals surface area contributed by atoms with Gasteiger partial charge in [-0.05, 0) is 64.3 Å². The van der Waals surface area contributed by atoms with E-state index in [4.69, 9.17) is 0 Å². The summed E-state index contributed by atoms with van der Waals surface area (Å²) in [5, 5.41) is 7.34. The molecule has 0 unspecified atom stereocenters. The summed E-state index contributed by atoms with van der Waals surface area (Å²) in [6.07, 6.45) is 14.1. The van der Waals surface area contributed by atoms with E-state index in [0.29, 0.717) is 5.92 Å². The summed E-state index contributed by atoms with van der Waals surface area (Å²) in [6, 6.07) is -0.0566. The van der Waals surface area contributed by atoms with Crippen molar-refractivity contribution in [1.29, 1.82) is 0 Å². The molecule has 1 saturated heterocycles. The SMILES string of the molecule is C[C@H](C(=O)NCCC1=CCCCC1)N1CCC[C@H](Cn2cncn2)C1. The molecule has 0 radical (unpaired) electrons. The first-order valence-corrected chi connectivity index (χ1v) is 9.74. The normalized spacial score (nSPS) is 23.1. The van der Waals surface area contributed by atoms with E-state index in [1.807, 2.05) is 11.6 Å². The zero-order valence-electron chi connectivity index (χ0n) is 15.4. The number of rotatable bonds is 7. The van der Waals surface area contributed by atoms with E-state index in [2.05, 4.69) is 26.4 Å². The molecule has 0 bridgehead atoms. The summed E-state index contributed by atoms with van der Waals surface area (Å²) in [5.41, 5.74) is 1.52. The van der Waals surface area contributed by atoms with Gasteiger partial charge in [0.25, 0.3) is 0 Å². The van der Waals surface area contributed by atoms with Crippen molar-refractivity contribution in [3.63, 3.8) is 0 Å². The highest BCUT2D eigenvalue weighted by Gasteiger charge is 2.27. The number of likely N-dealkylation sites (tertiary alicyclic amines) is 1. The van der Waals surface area contributed by atoms with Crippen molar-refractivity contribution in [2.75, 3.05) is 19.6 Å². The lowest BCUT2D eigenvalue weighted by atomic mass is 9.96. The summed E-state index contributed by atoms with van der Waals surface area (Å²) in [5.74, 6) is 0.705. The summed E-state index contributed by atoms with van der Waals surface area (Å²) in [6.45, 7) is 5.66. The molecule has 1 N–H and O–H groups in total. The minimum Gasteiger partial charge on any atom is -0.354 e. The minimum absolute atomic E-state index is 0.0566. The number of carbonyl (C=O) groups excluding carboxylic acids is 1. The maximum Gasteiger partial charge on any atom is 0.237 e. The molecule has 0 saturated carbocycles. The van der Waals surface area contributed by atoms with E-state index in [-0.39, 0.29) is 11.9 Å². The second kappa shape index (κ2) is 9.13. The smallest absolute Gasteiger partial charge is 0.237 e. The molecule has 6 heteroatoms. The summed E-state index contributed by atoms with van der Waals surface area (Å²) < 4.78 is 1.90. The van der Waals surface area contributed by atoms with Crippen molar-refractivity contribution in [3.05, 3.63) is 24.3 Å². The fraction of sp³-hybridized carbons (Fsp3) is 0.737. The number of hydrogen-bond donors (Lipinski definition) is 1. The van der Waals surface area contributed by atoms with Crippen LogP contribution in [-0.2, 0) is 11.3 Å². The Hall–Kier alpha value is -1.69. The fourth-order valence-corrected chi connectivity index (χ4v) is 3.98. The molecule has 2 atom stereocenters. The molecule has 25 heavy (non-hydrogen) atoms. The van der Waals surface area contributed by atoms with E-state index < -0.39 is 0 Å². The van der Waals surface area contributed by atoms with Crippen LogP contribution in [-0.4, -0.2) is 51.2 Å². The lowest BCUT2D eigenvalue weighted by Gasteiger charge is -2.36. The highest BCUT2D eigenvalue weighted by molar-refractivity contribution is 5.81. The highest BCUT2D eigenvalue weighted by atomic mass is 16.2. The molecular weight excluding hydrogens is 314 g/mol. The van der Waals surface area contributed by atoms with Crippen LogP contribution in [0.15, 0.2) is 24.3 Å². The van der Waals surface area contributed by atoms with Gasteiger partial charge in [0.15, 0.2) is 0 Å². The van der Waals surface area contributed by atoms with Crippen LogP contribution in [0.1, 0.15) is 51.9 Å². The number of amides is 1. The van der Waals surface area contributed by atoms with Gasteiger partial charge >= 0.3 is 0 Å². The van der Waals surface area contributed by atoms with Crippen LogP contribution < -0.4 is 5.32 Å². The van der Waals surface area contributed by atoms with Crippen LogP contribution in [0.5, 0.6) is 0 Å². The van der Waals surface area contributed by atoms with Gasteiger partial charge in [0.05, 0.1) is 6.04 Å². The van der Waals surface area contributed by atoms with E-state index in [0.717, 1.165) is 39.0 Å². The summed E-state index contributed by atoms with van der Waals surface area (Å²) in [4.78, 5) is 18.8. The molecule has 1 aromatic rings. The third kappa shape index (κ3) is 5.39. The van der Waals surface area contributed by atoms with Crippen LogP contribution in [0.3, 0.4) is 0 Å². The van der Waals surface area contributed by atoms with Gasteiger partial charge in [0.1, 0.15) is 12.7 Å². The molecule has 1 fully saturated rings. The second-order valence-corrected chi connectivity index (χ2v) is 7.45. The van der Waals surface area contributed by atoms with Crippen LogP contribution in [0, 0.1) is 5.92 Å². The van der Waals surface area contributed by atoms with Gasteiger partial charge in [-0.2, -0.15) is 5.10 Å². The Morgan fingerprint density at radius 3 is 3.08 bits per heavy atom. The Bertz CT molecular complexity index is 568. The Morgan fingerprint density at radius 2 is 2.32 bits per heavy atom. The van der Waals surface area contributed by atoms with Crippen LogP contribution in [0.4, 0.5) is 0 Å². The first-order valence-electron chi connectivity index (χ1n) is 9.74. The number of carbonyl (C=O) groups is 1. The van der Waals surface area contributed by atoms with E-state index in [9.17, 15) is 4.79 Å². The van der Waals surface area contributed by atoms with Crippen molar-refractivity contribution >= 4 is 5.91 Å². The summed E-state index contributed by atoms with van der Waals surface area (Å²) in [7, 11) is 0. The van der Waals surface area contributed by atoms with E-state index in [1.165, 1.54) is 37.7 Å². The van der Waals surface area contributed by atoms with Crippen molar-refractivity contribution in [2.24, 2.45) is 5.92 Å². The Kier molecular flexibility index (Phi) is 6.62. The van der Waals surface area contributed by atoms with Gasteiger partial charge in [-0.3, -0.25) is 14.4 Å². The standard InChI is InChI=1S/C19H31N5O/c1-16(19(25)21-10-9-17-6-3-2-4-7-17)23-11-5-8-18(12-23)13-24-15-20-14-22-24/h6,14-16,18H,2-5,7-13H2,1H3,(H,21,25)/t16-,18+/m1/s1. The average molecular weight is 345 g/mol. The van der Waals surface area contributed by atoms with Gasteiger partial charge in [-0.1, -0.05) is 11.6 Å². The van der Waals surface area contributed by atoms with Gasteiger partial charge in [-0.15, -0.1) is 0 Å². The minimum atomic E-state index is -0.0566. The molecule has 1 aromatic heterocycles. The molecule has 1 aliphatic carbocycles. The Morgan fingerprint density at radius 1 is 1.40 bits per heavy atom. The molecule has 2 aliphatic rings. The lowest BCUT2D eigenvalue weighted by Crippen LogP contribution is -2.49. The predicted molar refractivity (Wildman–Crippen MR) is 98.0 cm³/mol. The number of nitrogens with one attached hydrogen (secondary N) is 1. The van der Waals surface area contributed by atoms with Crippen LogP contribution >= 0.6 is 0 Å². The quantitative estimate of drug-likeness (QED) is 0.771. The van der Waals surface area contributed by atoms with Gasteiger partial charge in [-0.25, -0.2) is 4.98 Å². The first-order chi connectivity index (χ1) is 12.2. The maximum atomic E-state index is 12.5. The molecule has 1 aliphatic heterocycles. The van der Waals surface area contributed by atoms with Crippen LogP contribution in [0.25, 0.3) is 0 Å². The molecule has 138 valence electrons. The van der Waals surface area contributed by atoms with E-state index >= 15 is 0 Å². The summed E-state index contributed by atoms with van der Waals surface area (Å²) >= 11 is 0. The monoisotopic (exact) mass is 345 g/mol. The maximum absolute atomic E-state index is 12.5. The molecule has 2 heterocycles. The molecule has 0 spiro atoms. The van der Waals surface area contributed by atoms with Crippen molar-refractivity contribution in [3.8, 4) is 0 Å². The van der Waals surface area contributed by atoms with Gasteiger partial charge in [0.2, 0.25) is 5.91 Å². The lowest BCUT2D eigenvalue weighted by molar-refractivity contribution is -0.126. The zero-order valence-corrected chi connectivity index (χ0v) is 15.4. The molecular formula is C19H31N5O. The number of aromatic nitrogens is 3. The number of piperidine rings is 1. The molecule has 1 amide bonds. The van der Waals surface area contributed by atoms with Gasteiger partial charge < -0.3 is 5.32 Å². The Labute approximate surface area is 150 Å². The Balaban J connectivity index is 1.42. The zero-order chi connectivity index (χ0) is 17.5. The van der Waals surface area contributed by atoms with Crippen molar-refractivity contribution < 1.29 is 4.79 Å². The number of nitrogens with zero attached hydrogens (tertiary/aromatic N) is 4. The molecule has 0 aromatic carbocycles. The predicted octanol–water partition coefficient (Wildman–Crippen LogP) is 2.39. The topological polar surface area (TPSA) is 63.1 Å². The second-order valence-electron chi connectivity index (χ2n) is 7.45. The highest BCUT2D eigenvalue weighted by Crippen LogP contribution is 2.21. The van der Waals surface area contributed by atoms with Gasteiger partial charge in [0, 0.05) is 19.6 Å². The largest absolute Gasteiger partial charge is 0.354 e. The van der Waals surface area contributed by atoms with E-state index in [1.54, 1.807) is 12.7 Å². The third-order valence-corrected chi connectivity index (χ3v) is 5.52. The van der Waals surface area contributed by atoms with Crippen LogP contribution in [0.2, 0.25) is 0 Å². The number of hydrogen-bond acceptors (Lipinski definition) is 4.